The zero-order valence-corrected chi connectivity index (χ0v) is 61.5. The number of aliphatic hydroxyl groups is 7. The molecule has 10 rings (SSSR count). The summed E-state index contributed by atoms with van der Waals surface area (Å²) in [6, 6.07) is 19.3. The van der Waals surface area contributed by atoms with E-state index in [9.17, 15) is 9.90 Å². The highest BCUT2D eigenvalue weighted by Crippen LogP contribution is 2.42. The van der Waals surface area contributed by atoms with E-state index in [2.05, 4.69) is 41.2 Å². The lowest BCUT2D eigenvalue weighted by molar-refractivity contribution is -0.120. The molecule has 23 heteroatoms. The highest BCUT2D eigenvalue weighted by atomic mass is 32.1. The van der Waals surface area contributed by atoms with E-state index < -0.39 is 12.2 Å². The number of benzene rings is 2. The van der Waals surface area contributed by atoms with E-state index in [1.807, 2.05) is 67.6 Å². The first-order valence-corrected chi connectivity index (χ1v) is 36.3. The molecule has 0 heterocycles. The van der Waals surface area contributed by atoms with Crippen molar-refractivity contribution in [2.24, 2.45) is 70.8 Å². The Bertz CT molecular complexity index is 2300. The summed E-state index contributed by atoms with van der Waals surface area (Å²) in [7, 11) is 46.7. The molecule has 0 aromatic heterocycles. The van der Waals surface area contributed by atoms with Gasteiger partial charge in [-0.15, -0.1) is 0 Å². The maximum absolute atomic E-state index is 10.9. The zero-order valence-electron chi connectivity index (χ0n) is 60.7. The van der Waals surface area contributed by atoms with Gasteiger partial charge in [-0.2, -0.15) is 0 Å². The van der Waals surface area contributed by atoms with Gasteiger partial charge >= 0.3 is 5.24 Å². The molecule has 542 valence electrons. The highest BCUT2D eigenvalue weighted by Gasteiger charge is 2.44. The highest BCUT2D eigenvalue weighted by molar-refractivity contribution is 7.79. The molecular formula is C75H126B7NO14S. The van der Waals surface area contributed by atoms with Gasteiger partial charge in [0.25, 0.3) is 0 Å². The van der Waals surface area contributed by atoms with Gasteiger partial charge in [0.2, 0.25) is 0 Å². The van der Waals surface area contributed by atoms with Gasteiger partial charge in [-0.25, -0.2) is 0 Å². The summed E-state index contributed by atoms with van der Waals surface area (Å²) in [4.78, 5) is 10.9. The molecule has 14 radical (unpaired) electrons. The van der Waals surface area contributed by atoms with Crippen LogP contribution in [0.15, 0.2) is 72.8 Å². The van der Waals surface area contributed by atoms with Crippen molar-refractivity contribution in [3.8, 4) is 5.75 Å². The number of carbonyl (C=O) groups excluding carboxylic acids is 1. The van der Waals surface area contributed by atoms with E-state index in [0.29, 0.717) is 66.6 Å². The number of hydrogen-bond acceptors (Lipinski definition) is 16. The van der Waals surface area contributed by atoms with Crippen molar-refractivity contribution in [1.82, 2.24) is 0 Å². The lowest BCUT2D eigenvalue weighted by atomic mass is 9.83. The second-order valence-corrected chi connectivity index (χ2v) is 28.7. The maximum atomic E-state index is 10.9. The van der Waals surface area contributed by atoms with Crippen molar-refractivity contribution in [3.05, 3.63) is 78.4 Å². The van der Waals surface area contributed by atoms with Gasteiger partial charge in [-0.3, -0.25) is 4.79 Å². The Labute approximate surface area is 608 Å². The van der Waals surface area contributed by atoms with Crippen LogP contribution in [0.5, 0.6) is 5.75 Å². The number of nitrogens with two attached hydrogens (primary N) is 1. The molecule has 0 aliphatic heterocycles. The predicted molar refractivity (Wildman–Crippen MR) is 408 cm³/mol. The van der Waals surface area contributed by atoms with Crippen LogP contribution in [0.25, 0.3) is 0 Å². The van der Waals surface area contributed by atoms with Crippen LogP contribution in [-0.2, 0) is 35.1 Å². The Balaban J connectivity index is 0.000000561. The summed E-state index contributed by atoms with van der Waals surface area (Å²) in [5, 5.41) is 62.4. The van der Waals surface area contributed by atoms with E-state index in [1.54, 1.807) is 28.4 Å². The SMILES string of the molecule is C.CC[C@H]1C[C@@H](N)C(C)C1C.OCc1ccccc1.[B]C1CC(CO)[C@@H](CO)C1.[B][C@@H]1C[C@H](CO)C(O)C1O.[B][C@@H]1C[C@H](COC)C(OC)C1OC(=S)Oc1ccccc1.[B][C@H]1CC(=C)[C@@H](CC)C1.[B][C@H]1CC(=O)[C@@H](CC)C1.[B][C@H]1CC(O)[C@@H](CC)C1.[B][C@H]1CC(OC)[C@@H](COC)C1. The molecule has 8 aliphatic carbocycles. The number of ketones is 1. The summed E-state index contributed by atoms with van der Waals surface area (Å²) < 4.78 is 32.3. The van der Waals surface area contributed by atoms with Crippen LogP contribution < -0.4 is 10.5 Å². The number of hydrogen-bond donors (Lipinski definition) is 8. The number of methoxy groups -OCH3 is 4. The molecular weight excluding hydrogens is 1250 g/mol. The number of rotatable bonds is 16. The fourth-order valence-corrected chi connectivity index (χ4v) is 15.0. The van der Waals surface area contributed by atoms with Gasteiger partial charge in [0.05, 0.1) is 105 Å². The third-order valence-corrected chi connectivity index (χ3v) is 21.3. The van der Waals surface area contributed by atoms with Crippen molar-refractivity contribution in [3.63, 3.8) is 0 Å². The summed E-state index contributed by atoms with van der Waals surface area (Å²) in [5.74, 6) is 6.64. The Morgan fingerprint density at radius 1 is 0.531 bits per heavy atom. The van der Waals surface area contributed by atoms with Crippen LogP contribution in [0, 0.1) is 65.1 Å². The number of aliphatic hydroxyl groups excluding tert-OH is 7. The first kappa shape index (κ1) is 93.5. The first-order chi connectivity index (χ1) is 46.2. The Hall–Kier alpha value is -2.49. The maximum Gasteiger partial charge on any atom is 0.358 e. The van der Waals surface area contributed by atoms with Crippen LogP contribution in [0.3, 0.4) is 0 Å². The number of ether oxygens (including phenoxy) is 6. The fourth-order valence-electron chi connectivity index (χ4n) is 14.8. The normalized spacial score (nSPS) is 35.5. The van der Waals surface area contributed by atoms with Crippen molar-refractivity contribution >= 4 is 78.2 Å². The summed E-state index contributed by atoms with van der Waals surface area (Å²) in [5.41, 5.74) is 8.27. The average molecular weight is 1370 g/mol. The van der Waals surface area contributed by atoms with Crippen LogP contribution in [0.1, 0.15) is 164 Å². The Kier molecular flexibility index (Phi) is 49.3. The number of Topliss-reactive ketones (excluding diaryl/α,β-unsaturated/α-hetero) is 1. The lowest BCUT2D eigenvalue weighted by Gasteiger charge is -2.25. The van der Waals surface area contributed by atoms with Gasteiger partial charge < -0.3 is 69.9 Å². The smallest absolute Gasteiger partial charge is 0.358 e. The van der Waals surface area contributed by atoms with Gasteiger partial charge in [-0.1, -0.05) is 184 Å². The van der Waals surface area contributed by atoms with E-state index in [0.717, 1.165) is 113 Å². The molecule has 8 aliphatic rings. The van der Waals surface area contributed by atoms with Crippen molar-refractivity contribution in [2.75, 3.05) is 61.5 Å². The minimum atomic E-state index is -0.864. The monoisotopic (exact) mass is 1370 g/mol. The van der Waals surface area contributed by atoms with Gasteiger partial charge in [-0.05, 0) is 129 Å². The molecule has 2 aromatic rings. The minimum absolute atomic E-state index is 0. The standard InChI is InChI=1S/C15H19BO4S.C9H19N.C8H15BO2.C8H13B.C7H13BO2.C7H13BO.C7H11BO.C7H8O.C6H11BO3.CH4/c1-17-9-10-8-12(16)14(13(10)18-2)20-15(21)19-11-6-4-3-5-7-11;1-4-8-5-9(10)7(3)6(8)2;1-10-5-6-3-7(9)4-8(6)11-2;1-3-7-5-8(9)4-6(7)2;8-7-1-5(3-9)6(2-7)4-10;2*1-2-5-3-6(8)4-7(5)9;8-6-7-4-2-1-3-5-7;7-4-1-3(2-8)5(9)6(4)10;/h3-7,10,12-14H,8-9H2,1-2H3;6-9H,4-5,10H2,1-3H3;6-8H,3-5H2,1-2H3;7-8H,2-5H2,1H3;5-7,9-10H,1-4H2;5-7,9H,2-4H2,1H3;5-6H,2-4H2,1H3;1-5,8H,6H2;3-6,8-10H,1-2H2;1H4/t10-,12-,13?,14?;6?,7?,8-,9+;6-,7-,8?;7-,8-;5-,6?,7?;5-,6+,7?;5-,6+;;3-,4-,5?,6?;/m1010100.1./s1. The van der Waals surface area contributed by atoms with Crippen molar-refractivity contribution < 1.29 is 69.0 Å². The molecule has 2 aromatic carbocycles. The molecule has 0 saturated heterocycles. The summed E-state index contributed by atoms with van der Waals surface area (Å²) in [6.45, 7) is 18.9. The second kappa shape index (κ2) is 51.6. The van der Waals surface area contributed by atoms with E-state index in [1.165, 1.54) is 24.8 Å². The molecule has 8 fully saturated rings. The number of thiocarbonyl (C=S) groups is 1. The quantitative estimate of drug-likeness (QED) is 0.0443. The zero-order chi connectivity index (χ0) is 72.9. The molecule has 15 nitrogen and oxygen atoms in total. The molecule has 98 heavy (non-hydrogen) atoms. The third-order valence-electron chi connectivity index (χ3n) is 21.2. The van der Waals surface area contributed by atoms with Crippen molar-refractivity contribution in [1.29, 1.82) is 0 Å². The van der Waals surface area contributed by atoms with E-state index >= 15 is 0 Å². The molecule has 9 N–H and O–H groups in total. The van der Waals surface area contributed by atoms with Gasteiger partial charge in [0.15, 0.2) is 0 Å². The largest absolute Gasteiger partial charge is 0.451 e. The number of carbonyl (C=O) groups is 1. The number of allylic oxidation sites excluding steroid dienone is 1. The van der Waals surface area contributed by atoms with Crippen LogP contribution in [-0.4, -0.2) is 206 Å². The van der Waals surface area contributed by atoms with Gasteiger partial charge in [0.1, 0.15) is 17.6 Å². The molecule has 0 bridgehead atoms. The summed E-state index contributed by atoms with van der Waals surface area (Å²) >= 11 is 5.14. The van der Waals surface area contributed by atoms with Gasteiger partial charge in [0, 0.05) is 96.6 Å². The lowest BCUT2D eigenvalue weighted by Crippen LogP contribution is -2.35. The van der Waals surface area contributed by atoms with Crippen LogP contribution >= 0.6 is 12.2 Å². The molecule has 25 atom stereocenters. The predicted octanol–water partition coefficient (Wildman–Crippen LogP) is 10.6. The number of para-hydroxylation sites is 1. The fraction of sp³-hybridized carbons (Fsp3) is 0.787. The van der Waals surface area contributed by atoms with E-state index in [-0.39, 0.29) is 116 Å². The van der Waals surface area contributed by atoms with Crippen molar-refractivity contribution in [2.45, 2.75) is 248 Å². The molecule has 10 unspecified atom stereocenters. The molecule has 0 amide bonds. The Morgan fingerprint density at radius 3 is 1.37 bits per heavy atom. The third kappa shape index (κ3) is 33.1. The summed E-state index contributed by atoms with van der Waals surface area (Å²) in [6.07, 6.45) is 14.4. The van der Waals surface area contributed by atoms with Crippen LogP contribution in [0.2, 0.25) is 40.7 Å². The average Bonchev–Trinajstić information content (AvgIpc) is 1.68. The first-order valence-electron chi connectivity index (χ1n) is 35.9. The topological polar surface area (TPSA) is 240 Å². The van der Waals surface area contributed by atoms with E-state index in [4.69, 9.17) is 132 Å². The molecule has 0 spiro atoms. The molecule has 8 saturated carbocycles. The second-order valence-electron chi connectivity index (χ2n) is 28.4. The minimum Gasteiger partial charge on any atom is -0.451 e. The Morgan fingerprint density at radius 2 is 1.02 bits per heavy atom. The van der Waals surface area contributed by atoms with Crippen LogP contribution in [0.4, 0.5) is 0 Å².